The minimum absolute atomic E-state index is 0.0336. The number of hydrogen-bond acceptors (Lipinski definition) is 3. The van der Waals surface area contributed by atoms with Crippen molar-refractivity contribution in [3.05, 3.63) is 34.9 Å². The standard InChI is InChI=1S/C18H22O3/c1-10(2)5-6-13-8-14-7-11(3)16(12(4)19)18(21)17(14)15(20)9-13/h7-10,20-21H,5-6H2,1-4H3. The molecule has 2 N–H and O–H groups in total. The van der Waals surface area contributed by atoms with Gasteiger partial charge in [0, 0.05) is 0 Å². The maximum absolute atomic E-state index is 11.6. The number of rotatable bonds is 4. The molecule has 0 spiro atoms. The average molecular weight is 286 g/mol. The molecule has 21 heavy (non-hydrogen) atoms. The zero-order valence-corrected chi connectivity index (χ0v) is 13.0. The van der Waals surface area contributed by atoms with E-state index in [1.54, 1.807) is 13.0 Å². The molecule has 0 amide bonds. The lowest BCUT2D eigenvalue weighted by molar-refractivity contribution is 0.101. The highest BCUT2D eigenvalue weighted by molar-refractivity contribution is 6.06. The smallest absolute Gasteiger partial charge is 0.163 e. The van der Waals surface area contributed by atoms with Crippen molar-refractivity contribution in [3.63, 3.8) is 0 Å². The van der Waals surface area contributed by atoms with Gasteiger partial charge in [0.05, 0.1) is 10.9 Å². The second-order valence-electron chi connectivity index (χ2n) is 6.12. The van der Waals surface area contributed by atoms with Crippen molar-refractivity contribution in [1.29, 1.82) is 0 Å². The number of phenolic OH excluding ortho intramolecular Hbond substituents is 2. The predicted molar refractivity (Wildman–Crippen MR) is 85.2 cm³/mol. The Balaban J connectivity index is 2.61. The Kier molecular flexibility index (Phi) is 4.21. The van der Waals surface area contributed by atoms with Crippen LogP contribution in [0.25, 0.3) is 10.8 Å². The highest BCUT2D eigenvalue weighted by Gasteiger charge is 2.17. The van der Waals surface area contributed by atoms with E-state index in [0.29, 0.717) is 11.3 Å². The highest BCUT2D eigenvalue weighted by atomic mass is 16.3. The van der Waals surface area contributed by atoms with E-state index in [-0.39, 0.29) is 22.8 Å². The van der Waals surface area contributed by atoms with E-state index in [0.717, 1.165) is 29.4 Å². The lowest BCUT2D eigenvalue weighted by Crippen LogP contribution is -1.98. The molecular formula is C18H22O3. The van der Waals surface area contributed by atoms with Crippen molar-refractivity contribution < 1.29 is 15.0 Å². The molecule has 0 fully saturated rings. The zero-order valence-electron chi connectivity index (χ0n) is 13.0. The lowest BCUT2D eigenvalue weighted by Gasteiger charge is -2.13. The first-order chi connectivity index (χ1) is 9.81. The molecule has 0 aliphatic carbocycles. The van der Waals surface area contributed by atoms with Gasteiger partial charge in [-0.1, -0.05) is 26.0 Å². The maximum Gasteiger partial charge on any atom is 0.163 e. The van der Waals surface area contributed by atoms with Gasteiger partial charge in [-0.15, -0.1) is 0 Å². The third kappa shape index (κ3) is 3.02. The Morgan fingerprint density at radius 2 is 1.86 bits per heavy atom. The van der Waals surface area contributed by atoms with E-state index in [4.69, 9.17) is 0 Å². The quantitative estimate of drug-likeness (QED) is 0.821. The predicted octanol–water partition coefficient (Wildman–Crippen LogP) is 4.35. The van der Waals surface area contributed by atoms with Crippen LogP contribution in [0.3, 0.4) is 0 Å². The van der Waals surface area contributed by atoms with Crippen molar-refractivity contribution in [3.8, 4) is 11.5 Å². The maximum atomic E-state index is 11.6. The number of fused-ring (bicyclic) bond motifs is 1. The summed E-state index contributed by atoms with van der Waals surface area (Å²) < 4.78 is 0. The fourth-order valence-electron chi connectivity index (χ4n) is 2.74. The zero-order chi connectivity index (χ0) is 15.7. The first kappa shape index (κ1) is 15.4. The Bertz CT molecular complexity index is 699. The Hall–Kier alpha value is -2.03. The van der Waals surface area contributed by atoms with Crippen molar-refractivity contribution in [2.45, 2.75) is 40.5 Å². The van der Waals surface area contributed by atoms with Crippen LogP contribution in [0, 0.1) is 12.8 Å². The Labute approximate surface area is 125 Å². The van der Waals surface area contributed by atoms with Crippen LogP contribution in [-0.4, -0.2) is 16.0 Å². The summed E-state index contributed by atoms with van der Waals surface area (Å²) >= 11 is 0. The Morgan fingerprint density at radius 3 is 2.43 bits per heavy atom. The van der Waals surface area contributed by atoms with Crippen LogP contribution in [0.2, 0.25) is 0 Å². The van der Waals surface area contributed by atoms with E-state index in [9.17, 15) is 15.0 Å². The molecule has 0 radical (unpaired) electrons. The molecule has 2 aromatic rings. The van der Waals surface area contributed by atoms with Gasteiger partial charge in [0.25, 0.3) is 0 Å². The third-order valence-electron chi connectivity index (χ3n) is 3.81. The molecule has 3 nitrogen and oxygen atoms in total. The summed E-state index contributed by atoms with van der Waals surface area (Å²) in [6, 6.07) is 5.52. The van der Waals surface area contributed by atoms with Crippen molar-refractivity contribution >= 4 is 16.6 Å². The summed E-state index contributed by atoms with van der Waals surface area (Å²) in [5.74, 6) is 0.310. The molecule has 0 aliphatic rings. The summed E-state index contributed by atoms with van der Waals surface area (Å²) in [6.45, 7) is 7.54. The average Bonchev–Trinajstić information content (AvgIpc) is 2.34. The van der Waals surface area contributed by atoms with Gasteiger partial charge >= 0.3 is 0 Å². The van der Waals surface area contributed by atoms with Crippen LogP contribution in [0.4, 0.5) is 0 Å². The number of carbonyl (C=O) groups is 1. The molecule has 2 aromatic carbocycles. The van der Waals surface area contributed by atoms with Gasteiger partial charge in [-0.3, -0.25) is 4.79 Å². The fourth-order valence-corrected chi connectivity index (χ4v) is 2.74. The highest BCUT2D eigenvalue weighted by Crippen LogP contribution is 2.38. The summed E-state index contributed by atoms with van der Waals surface area (Å²) in [5.41, 5.74) is 2.06. The molecule has 0 saturated carbocycles. The monoisotopic (exact) mass is 286 g/mol. The first-order valence-electron chi connectivity index (χ1n) is 7.30. The van der Waals surface area contributed by atoms with Crippen molar-refractivity contribution in [2.75, 3.05) is 0 Å². The molecule has 2 rings (SSSR count). The first-order valence-corrected chi connectivity index (χ1v) is 7.30. The van der Waals surface area contributed by atoms with Crippen LogP contribution in [0.5, 0.6) is 11.5 Å². The van der Waals surface area contributed by atoms with Crippen LogP contribution < -0.4 is 0 Å². The van der Waals surface area contributed by atoms with Gasteiger partial charge in [0.15, 0.2) is 5.78 Å². The number of Topliss-reactive ketones (excluding diaryl/α,β-unsaturated/α-hetero) is 1. The van der Waals surface area contributed by atoms with Crippen LogP contribution in [0.1, 0.15) is 48.7 Å². The fraction of sp³-hybridized carbons (Fsp3) is 0.389. The summed E-state index contributed by atoms with van der Waals surface area (Å²) in [4.78, 5) is 11.6. The van der Waals surface area contributed by atoms with Crippen LogP contribution >= 0.6 is 0 Å². The van der Waals surface area contributed by atoms with E-state index in [1.165, 1.54) is 6.92 Å². The normalized spacial score (nSPS) is 11.3. The minimum Gasteiger partial charge on any atom is -0.507 e. The molecule has 0 aromatic heterocycles. The molecule has 0 aliphatic heterocycles. The van der Waals surface area contributed by atoms with Crippen LogP contribution in [-0.2, 0) is 6.42 Å². The molecule has 0 unspecified atom stereocenters. The Morgan fingerprint density at radius 1 is 1.19 bits per heavy atom. The molecule has 0 atom stereocenters. The third-order valence-corrected chi connectivity index (χ3v) is 3.81. The lowest BCUT2D eigenvalue weighted by atomic mass is 9.94. The summed E-state index contributed by atoms with van der Waals surface area (Å²) in [5, 5.41) is 21.7. The van der Waals surface area contributed by atoms with E-state index in [1.807, 2.05) is 12.1 Å². The van der Waals surface area contributed by atoms with E-state index in [2.05, 4.69) is 13.8 Å². The molecular weight excluding hydrogens is 264 g/mol. The van der Waals surface area contributed by atoms with Crippen molar-refractivity contribution in [1.82, 2.24) is 0 Å². The largest absolute Gasteiger partial charge is 0.507 e. The summed E-state index contributed by atoms with van der Waals surface area (Å²) in [6.07, 6.45) is 1.93. The molecule has 0 bridgehead atoms. The molecule has 3 heteroatoms. The molecule has 0 saturated heterocycles. The SMILES string of the molecule is CC(=O)c1c(C)cc2cc(CCC(C)C)cc(O)c2c1O. The number of aryl methyl sites for hydroxylation is 2. The number of hydrogen-bond donors (Lipinski definition) is 2. The number of benzene rings is 2. The second-order valence-corrected chi connectivity index (χ2v) is 6.12. The van der Waals surface area contributed by atoms with Crippen molar-refractivity contribution in [2.24, 2.45) is 5.92 Å². The van der Waals surface area contributed by atoms with E-state index >= 15 is 0 Å². The summed E-state index contributed by atoms with van der Waals surface area (Å²) in [7, 11) is 0. The second kappa shape index (κ2) is 5.76. The number of phenols is 2. The topological polar surface area (TPSA) is 57.5 Å². The van der Waals surface area contributed by atoms with Gasteiger partial charge < -0.3 is 10.2 Å². The number of ketones is 1. The van der Waals surface area contributed by atoms with Crippen LogP contribution in [0.15, 0.2) is 18.2 Å². The number of carbonyl (C=O) groups excluding carboxylic acids is 1. The molecule has 112 valence electrons. The molecule has 0 heterocycles. The van der Waals surface area contributed by atoms with Gasteiger partial charge in [-0.2, -0.15) is 0 Å². The van der Waals surface area contributed by atoms with E-state index < -0.39 is 0 Å². The number of aromatic hydroxyl groups is 2. The van der Waals surface area contributed by atoms with Gasteiger partial charge in [-0.25, -0.2) is 0 Å². The van der Waals surface area contributed by atoms with Gasteiger partial charge in [-0.05, 0) is 55.2 Å². The van der Waals surface area contributed by atoms with Gasteiger partial charge in [0.2, 0.25) is 0 Å². The van der Waals surface area contributed by atoms with Gasteiger partial charge in [0.1, 0.15) is 11.5 Å². The minimum atomic E-state index is -0.199.